The summed E-state index contributed by atoms with van der Waals surface area (Å²) >= 11 is 0. The molecule has 0 unspecified atom stereocenters. The number of sulfonamides is 1. The Morgan fingerprint density at radius 1 is 1.05 bits per heavy atom. The Hall–Kier alpha value is -0.910. The minimum Gasteiger partial charge on any atom is -0.313 e. The van der Waals surface area contributed by atoms with E-state index in [0.29, 0.717) is 18.0 Å². The number of nitrogens with one attached hydrogen (secondary N) is 1. The van der Waals surface area contributed by atoms with Crippen LogP contribution >= 0.6 is 0 Å². The van der Waals surface area contributed by atoms with Crippen LogP contribution in [-0.2, 0) is 16.6 Å². The SMILES string of the molecule is CCCCN(CC)S(=O)(=O)c1ccc(CNCCC)cc1. The average molecular weight is 312 g/mol. The molecule has 0 radical (unpaired) electrons. The van der Waals surface area contributed by atoms with E-state index in [-0.39, 0.29) is 0 Å². The molecule has 0 saturated heterocycles. The summed E-state index contributed by atoms with van der Waals surface area (Å²) in [7, 11) is -3.35. The highest BCUT2D eigenvalue weighted by Gasteiger charge is 2.22. The molecule has 120 valence electrons. The molecule has 0 fully saturated rings. The third kappa shape index (κ3) is 5.41. The summed E-state index contributed by atoms with van der Waals surface area (Å²) in [4.78, 5) is 0.389. The first-order valence-corrected chi connectivity index (χ1v) is 9.30. The monoisotopic (exact) mass is 312 g/mol. The summed E-state index contributed by atoms with van der Waals surface area (Å²) in [5.41, 5.74) is 1.11. The highest BCUT2D eigenvalue weighted by Crippen LogP contribution is 2.17. The summed E-state index contributed by atoms with van der Waals surface area (Å²) in [6, 6.07) is 7.21. The number of hydrogen-bond donors (Lipinski definition) is 1. The molecule has 0 aliphatic carbocycles. The molecule has 0 amide bonds. The highest BCUT2D eigenvalue weighted by atomic mass is 32.2. The summed E-state index contributed by atoms with van der Waals surface area (Å²) in [5.74, 6) is 0. The zero-order valence-electron chi connectivity index (χ0n) is 13.4. The Morgan fingerprint density at radius 3 is 2.24 bits per heavy atom. The average Bonchev–Trinajstić information content (AvgIpc) is 2.48. The molecule has 0 atom stereocenters. The fraction of sp³-hybridized carbons (Fsp3) is 0.625. The quantitative estimate of drug-likeness (QED) is 0.676. The van der Waals surface area contributed by atoms with Crippen molar-refractivity contribution in [2.45, 2.75) is 51.5 Å². The predicted octanol–water partition coefficient (Wildman–Crippen LogP) is 3.00. The largest absolute Gasteiger partial charge is 0.313 e. The van der Waals surface area contributed by atoms with Crippen LogP contribution < -0.4 is 5.32 Å². The van der Waals surface area contributed by atoms with Crippen molar-refractivity contribution in [3.63, 3.8) is 0 Å². The molecule has 0 saturated carbocycles. The van der Waals surface area contributed by atoms with Crippen LogP contribution in [-0.4, -0.2) is 32.4 Å². The van der Waals surface area contributed by atoms with E-state index >= 15 is 0 Å². The maximum atomic E-state index is 12.6. The summed E-state index contributed by atoms with van der Waals surface area (Å²) in [6.07, 6.45) is 2.98. The molecule has 1 N–H and O–H groups in total. The predicted molar refractivity (Wildman–Crippen MR) is 87.8 cm³/mol. The minimum absolute atomic E-state index is 0.389. The molecule has 1 rings (SSSR count). The van der Waals surface area contributed by atoms with Crippen molar-refractivity contribution in [2.24, 2.45) is 0 Å². The van der Waals surface area contributed by atoms with Crippen LogP contribution in [0.2, 0.25) is 0 Å². The van der Waals surface area contributed by atoms with Gasteiger partial charge < -0.3 is 5.32 Å². The van der Waals surface area contributed by atoms with Crippen LogP contribution in [0.5, 0.6) is 0 Å². The van der Waals surface area contributed by atoms with Crippen molar-refractivity contribution in [1.82, 2.24) is 9.62 Å². The molecule has 0 bridgehead atoms. The third-order valence-electron chi connectivity index (χ3n) is 3.43. The highest BCUT2D eigenvalue weighted by molar-refractivity contribution is 7.89. The van der Waals surface area contributed by atoms with Crippen molar-refractivity contribution in [1.29, 1.82) is 0 Å². The maximum Gasteiger partial charge on any atom is 0.243 e. The fourth-order valence-electron chi connectivity index (χ4n) is 2.12. The van der Waals surface area contributed by atoms with Crippen LogP contribution in [0.25, 0.3) is 0 Å². The zero-order chi connectivity index (χ0) is 15.7. The Balaban J connectivity index is 2.78. The lowest BCUT2D eigenvalue weighted by atomic mass is 10.2. The number of benzene rings is 1. The van der Waals surface area contributed by atoms with Gasteiger partial charge in [0.25, 0.3) is 0 Å². The lowest BCUT2D eigenvalue weighted by Crippen LogP contribution is -2.31. The zero-order valence-corrected chi connectivity index (χ0v) is 14.2. The Kier molecular flexibility index (Phi) is 7.93. The van der Waals surface area contributed by atoms with Gasteiger partial charge in [-0.1, -0.05) is 39.3 Å². The normalized spacial score (nSPS) is 12.0. The van der Waals surface area contributed by atoms with Crippen molar-refractivity contribution in [3.8, 4) is 0 Å². The summed E-state index contributed by atoms with van der Waals surface area (Å²) in [6.45, 7) is 8.94. The molecule has 21 heavy (non-hydrogen) atoms. The number of unbranched alkanes of at least 4 members (excludes halogenated alkanes) is 1. The first-order chi connectivity index (χ1) is 10.1. The van der Waals surface area contributed by atoms with Gasteiger partial charge in [-0.05, 0) is 37.1 Å². The van der Waals surface area contributed by atoms with Gasteiger partial charge in [0.15, 0.2) is 0 Å². The second-order valence-electron chi connectivity index (χ2n) is 5.17. The molecule has 5 heteroatoms. The van der Waals surface area contributed by atoms with E-state index in [0.717, 1.165) is 37.9 Å². The molecule has 4 nitrogen and oxygen atoms in total. The number of nitrogens with zero attached hydrogens (tertiary/aromatic N) is 1. The molecule has 0 aliphatic heterocycles. The molecule has 0 spiro atoms. The van der Waals surface area contributed by atoms with Crippen LogP contribution in [0.15, 0.2) is 29.2 Å². The van der Waals surface area contributed by atoms with Gasteiger partial charge in [0.1, 0.15) is 0 Å². The van der Waals surface area contributed by atoms with Crippen molar-refractivity contribution in [2.75, 3.05) is 19.6 Å². The van der Waals surface area contributed by atoms with Crippen LogP contribution in [0, 0.1) is 0 Å². The lowest BCUT2D eigenvalue weighted by Gasteiger charge is -2.20. The van der Waals surface area contributed by atoms with Gasteiger partial charge >= 0.3 is 0 Å². The molecular weight excluding hydrogens is 284 g/mol. The van der Waals surface area contributed by atoms with Gasteiger partial charge in [0, 0.05) is 19.6 Å². The molecule has 0 heterocycles. The minimum atomic E-state index is -3.35. The fourth-order valence-corrected chi connectivity index (χ4v) is 3.61. The van der Waals surface area contributed by atoms with Gasteiger partial charge in [0.05, 0.1) is 4.90 Å². The van der Waals surface area contributed by atoms with Gasteiger partial charge in [-0.2, -0.15) is 4.31 Å². The molecular formula is C16H28N2O2S. The van der Waals surface area contributed by atoms with E-state index in [9.17, 15) is 8.42 Å². The molecule has 0 aromatic heterocycles. The summed E-state index contributed by atoms with van der Waals surface area (Å²) in [5, 5.41) is 3.31. The van der Waals surface area contributed by atoms with E-state index < -0.39 is 10.0 Å². The summed E-state index contributed by atoms with van der Waals surface area (Å²) < 4.78 is 26.7. The first kappa shape index (κ1) is 18.1. The maximum absolute atomic E-state index is 12.6. The van der Waals surface area contributed by atoms with Gasteiger partial charge in [-0.25, -0.2) is 8.42 Å². The Morgan fingerprint density at radius 2 is 1.71 bits per heavy atom. The number of rotatable bonds is 10. The smallest absolute Gasteiger partial charge is 0.243 e. The first-order valence-electron chi connectivity index (χ1n) is 7.86. The Labute approximate surface area is 129 Å². The van der Waals surface area contributed by atoms with E-state index in [1.165, 1.54) is 0 Å². The third-order valence-corrected chi connectivity index (χ3v) is 5.42. The molecule has 1 aromatic rings. The van der Waals surface area contributed by atoms with Crippen molar-refractivity contribution >= 4 is 10.0 Å². The topological polar surface area (TPSA) is 49.4 Å². The van der Waals surface area contributed by atoms with Crippen LogP contribution in [0.4, 0.5) is 0 Å². The van der Waals surface area contributed by atoms with Crippen LogP contribution in [0.3, 0.4) is 0 Å². The van der Waals surface area contributed by atoms with E-state index in [1.807, 2.05) is 19.1 Å². The van der Waals surface area contributed by atoms with Gasteiger partial charge in [-0.15, -0.1) is 0 Å². The van der Waals surface area contributed by atoms with E-state index in [2.05, 4.69) is 19.2 Å². The molecule has 0 aliphatic rings. The van der Waals surface area contributed by atoms with Crippen molar-refractivity contribution in [3.05, 3.63) is 29.8 Å². The lowest BCUT2D eigenvalue weighted by molar-refractivity contribution is 0.419. The number of hydrogen-bond acceptors (Lipinski definition) is 3. The Bertz CT molecular complexity index is 498. The van der Waals surface area contributed by atoms with E-state index in [4.69, 9.17) is 0 Å². The molecule has 1 aromatic carbocycles. The second-order valence-corrected chi connectivity index (χ2v) is 7.11. The standard InChI is InChI=1S/C16H28N2O2S/c1-4-7-13-18(6-3)21(19,20)16-10-8-15(9-11-16)14-17-12-5-2/h8-11,17H,4-7,12-14H2,1-3H3. The van der Waals surface area contributed by atoms with Crippen molar-refractivity contribution < 1.29 is 8.42 Å². The van der Waals surface area contributed by atoms with Crippen LogP contribution in [0.1, 0.15) is 45.6 Å². The second kappa shape index (κ2) is 9.18. The van der Waals surface area contributed by atoms with Gasteiger partial charge in [0.2, 0.25) is 10.0 Å². The van der Waals surface area contributed by atoms with Gasteiger partial charge in [-0.3, -0.25) is 0 Å². The van der Waals surface area contributed by atoms with E-state index in [1.54, 1.807) is 16.4 Å².